The first kappa shape index (κ1) is 19.5. The lowest BCUT2D eigenvalue weighted by molar-refractivity contribution is -0.137. The molecule has 8 heteroatoms. The minimum Gasteiger partial charge on any atom is -0.366 e. The van der Waals surface area contributed by atoms with Crippen molar-refractivity contribution in [1.29, 1.82) is 5.26 Å². The van der Waals surface area contributed by atoms with Gasteiger partial charge in [-0.3, -0.25) is 0 Å². The summed E-state index contributed by atoms with van der Waals surface area (Å²) in [6.45, 7) is 0.371. The summed E-state index contributed by atoms with van der Waals surface area (Å²) in [5.74, 6) is 0.631. The third kappa shape index (κ3) is 4.25. The maximum Gasteiger partial charge on any atom is 0.416 e. The number of pyridine rings is 2. The van der Waals surface area contributed by atoms with E-state index in [0.717, 1.165) is 39.9 Å². The van der Waals surface area contributed by atoms with Crippen LogP contribution in [0, 0.1) is 11.3 Å². The smallest absolute Gasteiger partial charge is 0.366 e. The van der Waals surface area contributed by atoms with Gasteiger partial charge < -0.3 is 10.3 Å². The molecular weight excluding hydrogens is 391 g/mol. The van der Waals surface area contributed by atoms with Gasteiger partial charge >= 0.3 is 6.18 Å². The topological polar surface area (TPSA) is 77.4 Å². The van der Waals surface area contributed by atoms with E-state index in [2.05, 4.69) is 26.3 Å². The predicted octanol–water partition coefficient (Wildman–Crippen LogP) is 5.05. The van der Waals surface area contributed by atoms with E-state index in [9.17, 15) is 13.2 Å². The van der Waals surface area contributed by atoms with Gasteiger partial charge in [0.05, 0.1) is 11.1 Å². The summed E-state index contributed by atoms with van der Waals surface area (Å²) < 4.78 is 37.9. The summed E-state index contributed by atoms with van der Waals surface area (Å²) in [6.07, 6.45) is 1.44. The second-order valence-corrected chi connectivity index (χ2v) is 6.82. The van der Waals surface area contributed by atoms with Crippen LogP contribution >= 0.6 is 0 Å². The standard InChI is InChI=1S/C22H16F3N5/c23-22(24,25)18-4-1-14(2-5-18)10-27-20-6-3-15(11-28-20)7-17-13-30-21-19(17)8-16(9-26)12-29-21/h1-6,8,11-13H,7,10H2,(H,27,28)(H,29,30). The molecule has 0 bridgehead atoms. The SMILES string of the molecule is N#Cc1cnc2[nH]cc(Cc3ccc(NCc4ccc(C(F)(F)F)cc4)nc3)c2c1. The van der Waals surface area contributed by atoms with Crippen LogP contribution in [0.1, 0.15) is 27.8 Å². The number of halogens is 3. The van der Waals surface area contributed by atoms with Crippen LogP contribution in [0.5, 0.6) is 0 Å². The summed E-state index contributed by atoms with van der Waals surface area (Å²) in [6, 6.07) is 12.7. The van der Waals surface area contributed by atoms with Crippen LogP contribution in [0.4, 0.5) is 19.0 Å². The zero-order chi connectivity index (χ0) is 21.1. The fraction of sp³-hybridized carbons (Fsp3) is 0.136. The van der Waals surface area contributed by atoms with E-state index >= 15 is 0 Å². The van der Waals surface area contributed by atoms with E-state index in [1.54, 1.807) is 6.20 Å². The Bertz CT molecular complexity index is 1200. The van der Waals surface area contributed by atoms with Gasteiger partial charge in [-0.1, -0.05) is 18.2 Å². The highest BCUT2D eigenvalue weighted by Gasteiger charge is 2.29. The third-order valence-electron chi connectivity index (χ3n) is 4.72. The van der Waals surface area contributed by atoms with Crippen LogP contribution in [-0.4, -0.2) is 15.0 Å². The number of aromatic amines is 1. The molecule has 2 N–H and O–H groups in total. The first-order valence-corrected chi connectivity index (χ1v) is 9.13. The molecule has 0 saturated heterocycles. The normalized spacial score (nSPS) is 11.4. The number of aromatic nitrogens is 3. The molecule has 0 saturated carbocycles. The maximum atomic E-state index is 12.6. The third-order valence-corrected chi connectivity index (χ3v) is 4.72. The first-order valence-electron chi connectivity index (χ1n) is 9.13. The van der Waals surface area contributed by atoms with E-state index in [4.69, 9.17) is 5.26 Å². The zero-order valence-electron chi connectivity index (χ0n) is 15.7. The molecule has 3 aromatic heterocycles. The predicted molar refractivity (Wildman–Crippen MR) is 107 cm³/mol. The Hall–Kier alpha value is -3.86. The molecule has 5 nitrogen and oxygen atoms in total. The molecule has 1 aromatic carbocycles. The summed E-state index contributed by atoms with van der Waals surface area (Å²) in [4.78, 5) is 11.7. The van der Waals surface area contributed by atoms with E-state index in [-0.39, 0.29) is 0 Å². The Morgan fingerprint density at radius 1 is 1.00 bits per heavy atom. The Morgan fingerprint density at radius 2 is 1.77 bits per heavy atom. The van der Waals surface area contributed by atoms with Crippen molar-refractivity contribution in [2.24, 2.45) is 0 Å². The molecule has 0 aliphatic heterocycles. The Morgan fingerprint density at radius 3 is 2.43 bits per heavy atom. The number of benzene rings is 1. The van der Waals surface area contributed by atoms with E-state index in [1.165, 1.54) is 18.3 Å². The van der Waals surface area contributed by atoms with Crippen LogP contribution in [0.3, 0.4) is 0 Å². The van der Waals surface area contributed by atoms with Crippen molar-refractivity contribution in [3.05, 3.63) is 88.9 Å². The molecule has 3 heterocycles. The number of anilines is 1. The van der Waals surface area contributed by atoms with Crippen LogP contribution in [0.15, 0.2) is 61.1 Å². The highest BCUT2D eigenvalue weighted by atomic mass is 19.4. The number of hydrogen-bond acceptors (Lipinski definition) is 4. The number of nitrogens with zero attached hydrogens (tertiary/aromatic N) is 3. The summed E-state index contributed by atoms with van der Waals surface area (Å²) >= 11 is 0. The molecule has 4 rings (SSSR count). The largest absolute Gasteiger partial charge is 0.416 e. The van der Waals surface area contributed by atoms with E-state index in [1.807, 2.05) is 24.4 Å². The highest BCUT2D eigenvalue weighted by Crippen LogP contribution is 2.29. The molecule has 0 atom stereocenters. The summed E-state index contributed by atoms with van der Waals surface area (Å²) in [5.41, 5.74) is 3.30. The van der Waals surface area contributed by atoms with Crippen molar-refractivity contribution < 1.29 is 13.2 Å². The van der Waals surface area contributed by atoms with Crippen molar-refractivity contribution >= 4 is 16.9 Å². The van der Waals surface area contributed by atoms with Crippen LogP contribution in [0.2, 0.25) is 0 Å². The van der Waals surface area contributed by atoms with Crippen molar-refractivity contribution in [3.8, 4) is 6.07 Å². The Balaban J connectivity index is 1.40. The number of rotatable bonds is 5. The van der Waals surface area contributed by atoms with Crippen LogP contribution in [0.25, 0.3) is 11.0 Å². The molecule has 150 valence electrons. The molecule has 30 heavy (non-hydrogen) atoms. The fourth-order valence-corrected chi connectivity index (χ4v) is 3.12. The first-order chi connectivity index (χ1) is 14.4. The van der Waals surface area contributed by atoms with Crippen molar-refractivity contribution in [1.82, 2.24) is 15.0 Å². The summed E-state index contributed by atoms with van der Waals surface area (Å²) in [7, 11) is 0. The molecule has 0 radical (unpaired) electrons. The second kappa shape index (κ2) is 7.87. The van der Waals surface area contributed by atoms with Gasteiger partial charge in [-0.2, -0.15) is 18.4 Å². The van der Waals surface area contributed by atoms with Crippen LogP contribution in [-0.2, 0) is 19.1 Å². The average molecular weight is 407 g/mol. The molecule has 0 amide bonds. The van der Waals surface area contributed by atoms with Gasteiger partial charge in [0.25, 0.3) is 0 Å². The molecule has 0 aliphatic rings. The molecular formula is C22H16F3N5. The minimum absolute atomic E-state index is 0.371. The lowest BCUT2D eigenvalue weighted by atomic mass is 10.1. The molecule has 4 aromatic rings. The average Bonchev–Trinajstić information content (AvgIpc) is 3.15. The van der Waals surface area contributed by atoms with Crippen LogP contribution < -0.4 is 5.32 Å². The Kier molecular flexibility index (Phi) is 5.11. The van der Waals surface area contributed by atoms with Gasteiger partial charge in [0.1, 0.15) is 17.5 Å². The van der Waals surface area contributed by atoms with E-state index in [0.29, 0.717) is 24.3 Å². The second-order valence-electron chi connectivity index (χ2n) is 6.82. The lowest BCUT2D eigenvalue weighted by Crippen LogP contribution is -2.06. The van der Waals surface area contributed by atoms with Crippen molar-refractivity contribution in [2.45, 2.75) is 19.1 Å². The van der Waals surface area contributed by atoms with Crippen molar-refractivity contribution in [3.63, 3.8) is 0 Å². The highest BCUT2D eigenvalue weighted by molar-refractivity contribution is 5.81. The van der Waals surface area contributed by atoms with Gasteiger partial charge in [0, 0.05) is 36.9 Å². The Labute approximate surface area is 170 Å². The number of H-pyrrole nitrogens is 1. The van der Waals surface area contributed by atoms with Gasteiger partial charge in [0.2, 0.25) is 0 Å². The minimum atomic E-state index is -4.33. The molecule has 0 spiro atoms. The number of nitrogens with one attached hydrogen (secondary N) is 2. The number of hydrogen-bond donors (Lipinski definition) is 2. The lowest BCUT2D eigenvalue weighted by Gasteiger charge is -2.09. The quantitative estimate of drug-likeness (QED) is 0.485. The fourth-order valence-electron chi connectivity index (χ4n) is 3.12. The van der Waals surface area contributed by atoms with Gasteiger partial charge in [0.15, 0.2) is 0 Å². The molecule has 0 fully saturated rings. The maximum absolute atomic E-state index is 12.6. The monoisotopic (exact) mass is 407 g/mol. The number of fused-ring (bicyclic) bond motifs is 1. The zero-order valence-corrected chi connectivity index (χ0v) is 15.7. The van der Waals surface area contributed by atoms with Gasteiger partial charge in [-0.05, 0) is 41.0 Å². The van der Waals surface area contributed by atoms with Gasteiger partial charge in [-0.25, -0.2) is 9.97 Å². The number of nitriles is 1. The molecule has 0 aliphatic carbocycles. The molecule has 0 unspecified atom stereocenters. The summed E-state index contributed by atoms with van der Waals surface area (Å²) in [5, 5.41) is 13.1. The van der Waals surface area contributed by atoms with E-state index < -0.39 is 11.7 Å². The van der Waals surface area contributed by atoms with Gasteiger partial charge in [-0.15, -0.1) is 0 Å². The van der Waals surface area contributed by atoms with Crippen molar-refractivity contribution in [2.75, 3.05) is 5.32 Å². The number of alkyl halides is 3.